The summed E-state index contributed by atoms with van der Waals surface area (Å²) < 4.78 is 1.75. The second-order valence-corrected chi connectivity index (χ2v) is 5.69. The lowest BCUT2D eigenvalue weighted by Crippen LogP contribution is -2.49. The average Bonchev–Trinajstić information content (AvgIpc) is 2.84. The van der Waals surface area contributed by atoms with E-state index in [0.29, 0.717) is 24.8 Å². The van der Waals surface area contributed by atoms with Crippen LogP contribution in [0.1, 0.15) is 36.3 Å². The van der Waals surface area contributed by atoms with Gasteiger partial charge in [-0.1, -0.05) is 5.21 Å². The zero-order valence-corrected chi connectivity index (χ0v) is 12.1. The first-order valence-corrected chi connectivity index (χ1v) is 7.32. The van der Waals surface area contributed by atoms with E-state index in [2.05, 4.69) is 20.9 Å². The number of carbonyl (C=O) groups excluding carboxylic acids is 2. The topological polar surface area (TPSA) is 92.2 Å². The van der Waals surface area contributed by atoms with Crippen molar-refractivity contribution in [3.05, 3.63) is 11.9 Å². The number of amides is 2. The highest BCUT2D eigenvalue weighted by atomic mass is 16.2. The Bertz CT molecular complexity index is 539. The SMILES string of the molecule is CC(=O)NC1CCCN(C(=O)c2cn(C3CNC3)nn2)C1. The van der Waals surface area contributed by atoms with Crippen molar-refractivity contribution >= 4 is 11.8 Å². The van der Waals surface area contributed by atoms with Crippen LogP contribution in [0.15, 0.2) is 6.20 Å². The summed E-state index contributed by atoms with van der Waals surface area (Å²) in [6.07, 6.45) is 3.51. The fraction of sp³-hybridized carbons (Fsp3) is 0.692. The van der Waals surface area contributed by atoms with Crippen LogP contribution in [0.5, 0.6) is 0 Å². The molecule has 3 rings (SSSR count). The Labute approximate surface area is 122 Å². The monoisotopic (exact) mass is 292 g/mol. The lowest BCUT2D eigenvalue weighted by Gasteiger charge is -2.32. The molecule has 2 fully saturated rings. The van der Waals surface area contributed by atoms with Gasteiger partial charge in [0.1, 0.15) is 0 Å². The maximum atomic E-state index is 12.5. The zero-order chi connectivity index (χ0) is 14.8. The third kappa shape index (κ3) is 3.05. The van der Waals surface area contributed by atoms with Crippen LogP contribution in [0.4, 0.5) is 0 Å². The molecule has 1 atom stereocenters. The lowest BCUT2D eigenvalue weighted by molar-refractivity contribution is -0.120. The number of hydrogen-bond acceptors (Lipinski definition) is 5. The van der Waals surface area contributed by atoms with E-state index in [1.54, 1.807) is 15.8 Å². The highest BCUT2D eigenvalue weighted by Crippen LogP contribution is 2.15. The van der Waals surface area contributed by atoms with Crippen molar-refractivity contribution in [1.29, 1.82) is 0 Å². The molecule has 0 saturated carbocycles. The summed E-state index contributed by atoms with van der Waals surface area (Å²) in [4.78, 5) is 25.3. The van der Waals surface area contributed by atoms with Crippen LogP contribution in [-0.2, 0) is 4.79 Å². The van der Waals surface area contributed by atoms with Crippen LogP contribution in [0.3, 0.4) is 0 Å². The van der Waals surface area contributed by atoms with Crippen LogP contribution in [0.25, 0.3) is 0 Å². The first-order valence-electron chi connectivity index (χ1n) is 7.32. The first-order chi connectivity index (χ1) is 10.1. The fourth-order valence-corrected chi connectivity index (χ4v) is 2.74. The highest BCUT2D eigenvalue weighted by molar-refractivity contribution is 5.92. The number of aromatic nitrogens is 3. The Kier molecular flexibility index (Phi) is 3.87. The first kappa shape index (κ1) is 14.0. The minimum atomic E-state index is -0.108. The van der Waals surface area contributed by atoms with Gasteiger partial charge in [-0.25, -0.2) is 4.68 Å². The van der Waals surface area contributed by atoms with Crippen LogP contribution < -0.4 is 10.6 Å². The van der Waals surface area contributed by atoms with Crippen LogP contribution >= 0.6 is 0 Å². The number of hydrogen-bond donors (Lipinski definition) is 2. The zero-order valence-electron chi connectivity index (χ0n) is 12.1. The molecule has 0 radical (unpaired) electrons. The molecule has 2 saturated heterocycles. The van der Waals surface area contributed by atoms with E-state index in [4.69, 9.17) is 0 Å². The Morgan fingerprint density at radius 2 is 2.24 bits per heavy atom. The molecule has 0 aliphatic carbocycles. The quantitative estimate of drug-likeness (QED) is 0.758. The molecule has 2 amide bonds. The van der Waals surface area contributed by atoms with E-state index in [1.165, 1.54) is 6.92 Å². The molecule has 8 heteroatoms. The molecular weight excluding hydrogens is 272 g/mol. The molecule has 2 aliphatic heterocycles. The molecular formula is C13H20N6O2. The molecule has 2 N–H and O–H groups in total. The summed E-state index contributed by atoms with van der Waals surface area (Å²) in [6, 6.07) is 0.332. The fourth-order valence-electron chi connectivity index (χ4n) is 2.74. The normalized spacial score (nSPS) is 22.7. The lowest BCUT2D eigenvalue weighted by atomic mass is 10.1. The van der Waals surface area contributed by atoms with Crippen LogP contribution in [0.2, 0.25) is 0 Å². The number of nitrogens with one attached hydrogen (secondary N) is 2. The van der Waals surface area contributed by atoms with Crippen molar-refractivity contribution in [2.45, 2.75) is 31.8 Å². The van der Waals surface area contributed by atoms with E-state index < -0.39 is 0 Å². The number of nitrogens with zero attached hydrogens (tertiary/aromatic N) is 4. The molecule has 2 aliphatic rings. The van der Waals surface area contributed by atoms with Crippen molar-refractivity contribution in [3.63, 3.8) is 0 Å². The minimum absolute atomic E-state index is 0.0334. The van der Waals surface area contributed by atoms with Crippen LogP contribution in [0, 0.1) is 0 Å². The van der Waals surface area contributed by atoms with Crippen molar-refractivity contribution < 1.29 is 9.59 Å². The van der Waals surface area contributed by atoms with Gasteiger partial charge in [0.2, 0.25) is 5.91 Å². The smallest absolute Gasteiger partial charge is 0.276 e. The summed E-state index contributed by atoms with van der Waals surface area (Å²) in [7, 11) is 0. The molecule has 8 nitrogen and oxygen atoms in total. The summed E-state index contributed by atoms with van der Waals surface area (Å²) in [5.74, 6) is -0.165. The van der Waals surface area contributed by atoms with Gasteiger partial charge in [0.15, 0.2) is 5.69 Å². The Morgan fingerprint density at radius 3 is 2.90 bits per heavy atom. The number of likely N-dealkylation sites (tertiary alicyclic amines) is 1. The Balaban J connectivity index is 1.63. The van der Waals surface area contributed by atoms with Crippen molar-refractivity contribution in [1.82, 2.24) is 30.5 Å². The van der Waals surface area contributed by atoms with E-state index in [-0.39, 0.29) is 17.9 Å². The van der Waals surface area contributed by atoms with Gasteiger partial charge in [-0.3, -0.25) is 9.59 Å². The summed E-state index contributed by atoms with van der Waals surface area (Å²) in [5, 5.41) is 14.1. The molecule has 1 aromatic rings. The largest absolute Gasteiger partial charge is 0.352 e. The van der Waals surface area contributed by atoms with Gasteiger partial charge < -0.3 is 15.5 Å². The summed E-state index contributed by atoms with van der Waals surface area (Å²) in [6.45, 7) is 4.47. The molecule has 1 aromatic heterocycles. The molecule has 3 heterocycles. The maximum Gasteiger partial charge on any atom is 0.276 e. The molecule has 0 bridgehead atoms. The second kappa shape index (κ2) is 5.80. The molecule has 114 valence electrons. The molecule has 0 aromatic carbocycles. The van der Waals surface area contributed by atoms with Gasteiger partial charge in [0.25, 0.3) is 5.91 Å². The van der Waals surface area contributed by atoms with Gasteiger partial charge in [-0.05, 0) is 12.8 Å². The molecule has 0 spiro atoms. The molecule has 21 heavy (non-hydrogen) atoms. The van der Waals surface area contributed by atoms with E-state index in [9.17, 15) is 9.59 Å². The number of piperidine rings is 1. The van der Waals surface area contributed by atoms with Gasteiger partial charge in [0, 0.05) is 39.1 Å². The average molecular weight is 292 g/mol. The summed E-state index contributed by atoms with van der Waals surface area (Å²) >= 11 is 0. The standard InChI is InChI=1S/C13H20N6O2/c1-9(20)15-10-3-2-4-18(7-10)13(21)12-8-19(17-16-12)11-5-14-6-11/h8,10-11,14H,2-7H2,1H3,(H,15,20). The van der Waals surface area contributed by atoms with Crippen molar-refractivity contribution in [2.75, 3.05) is 26.2 Å². The van der Waals surface area contributed by atoms with Gasteiger partial charge in [-0.2, -0.15) is 0 Å². The third-order valence-corrected chi connectivity index (χ3v) is 3.98. The van der Waals surface area contributed by atoms with E-state index in [1.807, 2.05) is 0 Å². The minimum Gasteiger partial charge on any atom is -0.352 e. The maximum absolute atomic E-state index is 12.5. The van der Waals surface area contributed by atoms with Gasteiger partial charge in [0.05, 0.1) is 12.2 Å². The van der Waals surface area contributed by atoms with E-state index >= 15 is 0 Å². The number of rotatable bonds is 3. The highest BCUT2D eigenvalue weighted by Gasteiger charge is 2.28. The van der Waals surface area contributed by atoms with Gasteiger partial charge in [-0.15, -0.1) is 5.10 Å². The summed E-state index contributed by atoms with van der Waals surface area (Å²) in [5.41, 5.74) is 0.380. The predicted octanol–water partition coefficient (Wildman–Crippen LogP) is -0.837. The third-order valence-electron chi connectivity index (χ3n) is 3.98. The second-order valence-electron chi connectivity index (χ2n) is 5.69. The van der Waals surface area contributed by atoms with Crippen molar-refractivity contribution in [2.24, 2.45) is 0 Å². The Hall–Kier alpha value is -1.96. The van der Waals surface area contributed by atoms with Crippen molar-refractivity contribution in [3.8, 4) is 0 Å². The van der Waals surface area contributed by atoms with Crippen LogP contribution in [-0.4, -0.2) is 63.9 Å². The Morgan fingerprint density at radius 1 is 1.43 bits per heavy atom. The van der Waals surface area contributed by atoms with Gasteiger partial charge >= 0.3 is 0 Å². The molecule has 1 unspecified atom stereocenters. The number of carbonyl (C=O) groups is 2. The van der Waals surface area contributed by atoms with E-state index in [0.717, 1.165) is 25.9 Å². The predicted molar refractivity (Wildman–Crippen MR) is 74.7 cm³/mol.